The molecule has 1 aliphatic heterocycles. The van der Waals surface area contributed by atoms with Crippen molar-refractivity contribution >= 4 is 5.91 Å². The van der Waals surface area contributed by atoms with Gasteiger partial charge < -0.3 is 5.32 Å². The molecule has 1 heterocycles. The lowest BCUT2D eigenvalue weighted by atomic mass is 10.0. The molecule has 2 aliphatic rings. The third kappa shape index (κ3) is 0.939. The zero-order valence-corrected chi connectivity index (χ0v) is 5.84. The topological polar surface area (TPSA) is 29.1 Å². The monoisotopic (exact) mass is 137 g/mol. The molecule has 0 radical (unpaired) electrons. The first-order valence-electron chi connectivity index (χ1n) is 3.79. The first-order valence-corrected chi connectivity index (χ1v) is 3.79. The molecule has 2 heteroatoms. The van der Waals surface area contributed by atoms with Gasteiger partial charge >= 0.3 is 0 Å². The number of nitrogens with one attached hydrogen (secondary N) is 1. The molecule has 1 aliphatic carbocycles. The van der Waals surface area contributed by atoms with Crippen molar-refractivity contribution in [3.63, 3.8) is 0 Å². The molecule has 0 aromatic rings. The number of fused-ring (bicyclic) bond motifs is 2. The van der Waals surface area contributed by atoms with Gasteiger partial charge in [-0.3, -0.25) is 4.79 Å². The molecule has 2 atom stereocenters. The highest BCUT2D eigenvalue weighted by Gasteiger charge is 2.24. The van der Waals surface area contributed by atoms with Gasteiger partial charge in [0.15, 0.2) is 0 Å². The summed E-state index contributed by atoms with van der Waals surface area (Å²) in [6.45, 7) is 0.853. The van der Waals surface area contributed by atoms with Crippen LogP contribution in [0.3, 0.4) is 0 Å². The number of carbonyl (C=O) groups is 1. The van der Waals surface area contributed by atoms with E-state index >= 15 is 0 Å². The normalized spacial score (nSPS) is 37.4. The number of carbonyl (C=O) groups excluding carboxylic acids is 1. The minimum Gasteiger partial charge on any atom is -0.355 e. The molecule has 1 saturated heterocycles. The summed E-state index contributed by atoms with van der Waals surface area (Å²) < 4.78 is 0. The first kappa shape index (κ1) is 5.96. The third-order valence-electron chi connectivity index (χ3n) is 2.27. The van der Waals surface area contributed by atoms with Crippen LogP contribution in [0.4, 0.5) is 0 Å². The minimum atomic E-state index is 0.219. The van der Waals surface area contributed by atoms with Crippen molar-refractivity contribution in [1.29, 1.82) is 0 Å². The van der Waals surface area contributed by atoms with Crippen LogP contribution in [0.5, 0.6) is 0 Å². The Morgan fingerprint density at radius 3 is 3.10 bits per heavy atom. The van der Waals surface area contributed by atoms with Crippen molar-refractivity contribution in [2.24, 2.45) is 11.8 Å². The van der Waals surface area contributed by atoms with Crippen LogP contribution in [0.25, 0.3) is 0 Å². The summed E-state index contributed by atoms with van der Waals surface area (Å²) in [4.78, 5) is 10.9. The molecule has 1 N–H and O–H groups in total. The largest absolute Gasteiger partial charge is 0.355 e. The van der Waals surface area contributed by atoms with E-state index in [1.165, 1.54) is 6.42 Å². The van der Waals surface area contributed by atoms with Crippen LogP contribution >= 0.6 is 0 Å². The SMILES string of the molecule is O=C1C[C@@H]2C=C[C@H](CN1)C2. The predicted octanol–water partition coefficient (Wildman–Crippen LogP) is 0.699. The fraction of sp³-hybridized carbons (Fsp3) is 0.625. The second-order valence-corrected chi connectivity index (χ2v) is 3.15. The van der Waals surface area contributed by atoms with Crippen LogP contribution in [0.15, 0.2) is 12.2 Å². The Morgan fingerprint density at radius 2 is 2.20 bits per heavy atom. The molecule has 0 aromatic carbocycles. The molecular formula is C8H11NO. The van der Waals surface area contributed by atoms with Crippen LogP contribution in [-0.4, -0.2) is 12.5 Å². The molecule has 0 saturated carbocycles. The second-order valence-electron chi connectivity index (χ2n) is 3.15. The highest BCUT2D eigenvalue weighted by atomic mass is 16.1. The number of hydrogen-bond acceptors (Lipinski definition) is 1. The molecular weight excluding hydrogens is 126 g/mol. The smallest absolute Gasteiger partial charge is 0.220 e. The average molecular weight is 137 g/mol. The van der Waals surface area contributed by atoms with E-state index in [1.807, 2.05) is 0 Å². The van der Waals surface area contributed by atoms with Gasteiger partial charge in [0.05, 0.1) is 0 Å². The standard InChI is InChI=1S/C8H11NO/c10-8-4-6-1-2-7(3-6)5-9-8/h1-2,6-7H,3-5H2,(H,9,10)/t6-,7+/m1/s1. The molecule has 0 spiro atoms. The predicted molar refractivity (Wildman–Crippen MR) is 38.4 cm³/mol. The first-order chi connectivity index (χ1) is 4.84. The van der Waals surface area contributed by atoms with Crippen molar-refractivity contribution in [1.82, 2.24) is 5.32 Å². The van der Waals surface area contributed by atoms with E-state index in [0.29, 0.717) is 18.3 Å². The lowest BCUT2D eigenvalue weighted by molar-refractivity contribution is -0.121. The lowest BCUT2D eigenvalue weighted by Gasteiger charge is -2.03. The summed E-state index contributed by atoms with van der Waals surface area (Å²) in [6.07, 6.45) is 6.29. The van der Waals surface area contributed by atoms with Gasteiger partial charge in [0.25, 0.3) is 0 Å². The summed E-state index contributed by atoms with van der Waals surface area (Å²) in [5, 5.41) is 2.89. The van der Waals surface area contributed by atoms with Gasteiger partial charge in [-0.2, -0.15) is 0 Å². The molecule has 1 fully saturated rings. The maximum absolute atomic E-state index is 10.9. The van der Waals surface area contributed by atoms with Crippen LogP contribution in [0.1, 0.15) is 12.8 Å². The van der Waals surface area contributed by atoms with Gasteiger partial charge in [-0.05, 0) is 18.3 Å². The van der Waals surface area contributed by atoms with Crippen molar-refractivity contribution < 1.29 is 4.79 Å². The Morgan fingerprint density at radius 1 is 1.40 bits per heavy atom. The Balaban J connectivity index is 2.14. The molecule has 2 nitrogen and oxygen atoms in total. The average Bonchev–Trinajstić information content (AvgIpc) is 2.22. The summed E-state index contributed by atoms with van der Waals surface area (Å²) in [5.41, 5.74) is 0. The quantitative estimate of drug-likeness (QED) is 0.489. The van der Waals surface area contributed by atoms with E-state index in [-0.39, 0.29) is 5.91 Å². The number of rotatable bonds is 0. The minimum absolute atomic E-state index is 0.219. The highest BCUT2D eigenvalue weighted by molar-refractivity contribution is 5.76. The molecule has 2 bridgehead atoms. The maximum Gasteiger partial charge on any atom is 0.220 e. The Labute approximate surface area is 60.3 Å². The molecule has 10 heavy (non-hydrogen) atoms. The van der Waals surface area contributed by atoms with Crippen LogP contribution in [-0.2, 0) is 4.79 Å². The van der Waals surface area contributed by atoms with Crippen molar-refractivity contribution in [3.8, 4) is 0 Å². The molecule has 54 valence electrons. The summed E-state index contributed by atoms with van der Waals surface area (Å²) >= 11 is 0. The van der Waals surface area contributed by atoms with Crippen molar-refractivity contribution in [2.45, 2.75) is 12.8 Å². The van der Waals surface area contributed by atoms with Gasteiger partial charge in [0.2, 0.25) is 5.91 Å². The third-order valence-corrected chi connectivity index (χ3v) is 2.27. The lowest BCUT2D eigenvalue weighted by Crippen LogP contribution is -2.25. The summed E-state index contributed by atoms with van der Waals surface area (Å²) in [7, 11) is 0. The highest BCUT2D eigenvalue weighted by Crippen LogP contribution is 2.27. The van der Waals surface area contributed by atoms with Gasteiger partial charge in [0, 0.05) is 13.0 Å². The number of amides is 1. The van der Waals surface area contributed by atoms with Gasteiger partial charge in [-0.1, -0.05) is 12.2 Å². The molecule has 2 rings (SSSR count). The molecule has 0 aromatic heterocycles. The van der Waals surface area contributed by atoms with E-state index in [4.69, 9.17) is 0 Å². The Kier molecular flexibility index (Phi) is 1.26. The van der Waals surface area contributed by atoms with Gasteiger partial charge in [0.1, 0.15) is 0 Å². The number of allylic oxidation sites excluding steroid dienone is 1. The van der Waals surface area contributed by atoms with E-state index in [2.05, 4.69) is 17.5 Å². The zero-order chi connectivity index (χ0) is 6.97. The fourth-order valence-electron chi connectivity index (χ4n) is 1.72. The van der Waals surface area contributed by atoms with Gasteiger partial charge in [-0.25, -0.2) is 0 Å². The summed E-state index contributed by atoms with van der Waals surface area (Å²) in [5.74, 6) is 1.38. The second kappa shape index (κ2) is 2.11. The van der Waals surface area contributed by atoms with Crippen molar-refractivity contribution in [2.75, 3.05) is 6.54 Å². The Bertz CT molecular complexity index is 186. The maximum atomic E-state index is 10.9. The van der Waals surface area contributed by atoms with Crippen molar-refractivity contribution in [3.05, 3.63) is 12.2 Å². The fourth-order valence-corrected chi connectivity index (χ4v) is 1.72. The van der Waals surface area contributed by atoms with Gasteiger partial charge in [-0.15, -0.1) is 0 Å². The van der Waals surface area contributed by atoms with E-state index in [9.17, 15) is 4.79 Å². The number of hydrogen-bond donors (Lipinski definition) is 1. The molecule has 0 unspecified atom stereocenters. The van der Waals surface area contributed by atoms with E-state index in [0.717, 1.165) is 6.54 Å². The van der Waals surface area contributed by atoms with Crippen LogP contribution in [0, 0.1) is 11.8 Å². The van der Waals surface area contributed by atoms with Crippen LogP contribution in [0.2, 0.25) is 0 Å². The van der Waals surface area contributed by atoms with E-state index < -0.39 is 0 Å². The van der Waals surface area contributed by atoms with Crippen LogP contribution < -0.4 is 5.32 Å². The Hall–Kier alpha value is -0.790. The van der Waals surface area contributed by atoms with E-state index in [1.54, 1.807) is 0 Å². The summed E-state index contributed by atoms with van der Waals surface area (Å²) in [6, 6.07) is 0. The zero-order valence-electron chi connectivity index (χ0n) is 5.84. The molecule has 1 amide bonds.